The van der Waals surface area contributed by atoms with Crippen molar-refractivity contribution in [3.05, 3.63) is 78.1 Å². The number of benzene rings is 2. The molecule has 0 amide bonds. The summed E-state index contributed by atoms with van der Waals surface area (Å²) in [4.78, 5) is 2.63. The zero-order chi connectivity index (χ0) is 24.6. The fourth-order valence-corrected chi connectivity index (χ4v) is 6.66. The molecule has 1 fully saturated rings. The van der Waals surface area contributed by atoms with Crippen LogP contribution in [-0.4, -0.2) is 38.9 Å². The number of nitrogens with zero attached hydrogens (tertiary/aromatic N) is 3. The van der Waals surface area contributed by atoms with E-state index in [4.69, 9.17) is 4.74 Å². The Bertz CT molecular complexity index is 1350. The van der Waals surface area contributed by atoms with Crippen molar-refractivity contribution in [2.75, 3.05) is 30.5 Å². The van der Waals surface area contributed by atoms with Gasteiger partial charge in [0.2, 0.25) is 9.84 Å². The number of fused-ring (bicyclic) bond motifs is 2. The first kappa shape index (κ1) is 23.5. The van der Waals surface area contributed by atoms with E-state index in [1.807, 2.05) is 55.3 Å². The molecular formula is C27H30N4O3S. The Morgan fingerprint density at radius 2 is 1.83 bits per heavy atom. The zero-order valence-electron chi connectivity index (χ0n) is 20.1. The van der Waals surface area contributed by atoms with Crippen LogP contribution in [0.2, 0.25) is 0 Å². The summed E-state index contributed by atoms with van der Waals surface area (Å²) in [5.41, 5.74) is 4.05. The fourth-order valence-electron chi connectivity index (χ4n) is 4.96. The molecule has 2 aliphatic heterocycles. The average molecular weight is 491 g/mol. The molecule has 8 heteroatoms. The Labute approximate surface area is 206 Å². The van der Waals surface area contributed by atoms with E-state index in [0.29, 0.717) is 32.9 Å². The third-order valence-corrected chi connectivity index (χ3v) is 8.82. The Kier molecular flexibility index (Phi) is 6.34. The summed E-state index contributed by atoms with van der Waals surface area (Å²) < 4.78 is 32.3. The lowest BCUT2D eigenvalue weighted by Crippen LogP contribution is -2.24. The van der Waals surface area contributed by atoms with Gasteiger partial charge in [-0.05, 0) is 74.1 Å². The van der Waals surface area contributed by atoms with Gasteiger partial charge in [0, 0.05) is 31.9 Å². The third kappa shape index (κ3) is 4.56. The fraction of sp³-hybridized carbons (Fsp3) is 0.333. The van der Waals surface area contributed by atoms with Gasteiger partial charge >= 0.3 is 0 Å². The number of allylic oxidation sites excluding steroid dienone is 1. The molecular weight excluding hydrogens is 460 g/mol. The summed E-state index contributed by atoms with van der Waals surface area (Å²) in [6.45, 7) is 7.80. The van der Waals surface area contributed by atoms with Crippen molar-refractivity contribution in [1.29, 1.82) is 0 Å². The van der Waals surface area contributed by atoms with Gasteiger partial charge in [0.25, 0.3) is 0 Å². The number of hydrogen-bond acceptors (Lipinski definition) is 7. The number of aryl methyl sites for hydroxylation is 1. The molecule has 3 heterocycles. The molecule has 1 aromatic heterocycles. The van der Waals surface area contributed by atoms with Gasteiger partial charge in [-0.3, -0.25) is 0 Å². The normalized spacial score (nSPS) is 17.8. The topological polar surface area (TPSA) is 84.4 Å². The van der Waals surface area contributed by atoms with Gasteiger partial charge in [-0.1, -0.05) is 24.8 Å². The molecule has 0 radical (unpaired) electrons. The molecule has 182 valence electrons. The minimum Gasteiger partial charge on any atom is -0.381 e. The number of para-hydroxylation sites is 1. The number of anilines is 3. The molecule has 0 bridgehead atoms. The molecule has 1 saturated heterocycles. The van der Waals surface area contributed by atoms with E-state index in [1.54, 1.807) is 18.2 Å². The zero-order valence-corrected chi connectivity index (χ0v) is 20.9. The van der Waals surface area contributed by atoms with Crippen molar-refractivity contribution in [2.45, 2.75) is 41.9 Å². The standard InChI is InChI=1S/C27H30N4O3S/c1-18-8-11-27(30-29-18)28-19(2)22(16-20-12-14-34-15-13-20)21-9-10-26-24(17-21)31(3)23-6-4-5-7-25(23)35(26,32)33/h4-11,17,20,22H,2,12-16H2,1,3H3,(H,28,30). The van der Waals surface area contributed by atoms with Crippen molar-refractivity contribution >= 4 is 27.0 Å². The lowest BCUT2D eigenvalue weighted by molar-refractivity contribution is 0.0626. The Balaban J connectivity index is 1.52. The minimum atomic E-state index is -3.59. The predicted molar refractivity (Wildman–Crippen MR) is 137 cm³/mol. The highest BCUT2D eigenvalue weighted by Gasteiger charge is 2.33. The Morgan fingerprint density at radius 1 is 1.09 bits per heavy atom. The molecule has 1 atom stereocenters. The molecule has 2 aromatic carbocycles. The molecule has 3 aromatic rings. The van der Waals surface area contributed by atoms with E-state index in [0.717, 1.165) is 49.4 Å². The van der Waals surface area contributed by atoms with Gasteiger partial charge in [-0.2, -0.15) is 5.10 Å². The first-order valence-corrected chi connectivity index (χ1v) is 13.4. The Hall–Kier alpha value is -3.23. The number of rotatable bonds is 6. The molecule has 1 unspecified atom stereocenters. The second-order valence-corrected chi connectivity index (χ2v) is 11.2. The number of aromatic nitrogens is 2. The number of hydrogen-bond donors (Lipinski definition) is 1. The van der Waals surface area contributed by atoms with E-state index < -0.39 is 9.84 Å². The molecule has 0 spiro atoms. The van der Waals surface area contributed by atoms with Crippen molar-refractivity contribution in [3.8, 4) is 0 Å². The SMILES string of the molecule is C=C(Nc1ccc(C)nn1)C(CC1CCOCC1)c1ccc2c(c1)N(C)c1ccccc1S2(=O)=O. The van der Waals surface area contributed by atoms with Gasteiger partial charge in [-0.15, -0.1) is 5.10 Å². The molecule has 35 heavy (non-hydrogen) atoms. The van der Waals surface area contributed by atoms with Gasteiger partial charge in [0.15, 0.2) is 5.82 Å². The van der Waals surface area contributed by atoms with Gasteiger partial charge in [0.1, 0.15) is 0 Å². The van der Waals surface area contributed by atoms with Crippen LogP contribution in [0.3, 0.4) is 0 Å². The molecule has 5 rings (SSSR count). The Morgan fingerprint density at radius 3 is 2.57 bits per heavy atom. The second kappa shape index (κ2) is 9.43. The highest BCUT2D eigenvalue weighted by atomic mass is 32.2. The van der Waals surface area contributed by atoms with Crippen LogP contribution in [0, 0.1) is 12.8 Å². The van der Waals surface area contributed by atoms with Crippen LogP contribution in [0.15, 0.2) is 76.7 Å². The summed E-state index contributed by atoms with van der Waals surface area (Å²) in [5.74, 6) is 1.11. The molecule has 0 aliphatic carbocycles. The van der Waals surface area contributed by atoms with Crippen LogP contribution in [0.1, 0.15) is 36.4 Å². The third-order valence-electron chi connectivity index (χ3n) is 6.97. The van der Waals surface area contributed by atoms with E-state index >= 15 is 0 Å². The molecule has 0 saturated carbocycles. The van der Waals surface area contributed by atoms with Crippen LogP contribution in [0.25, 0.3) is 0 Å². The summed E-state index contributed by atoms with van der Waals surface area (Å²) >= 11 is 0. The summed E-state index contributed by atoms with van der Waals surface area (Å²) in [6.07, 6.45) is 2.89. The molecule has 1 N–H and O–H groups in total. The first-order chi connectivity index (χ1) is 16.8. The summed E-state index contributed by atoms with van der Waals surface area (Å²) in [6, 6.07) is 16.6. The second-order valence-electron chi connectivity index (χ2n) is 9.31. The minimum absolute atomic E-state index is 0.0280. The largest absolute Gasteiger partial charge is 0.381 e. The van der Waals surface area contributed by atoms with Crippen LogP contribution in [-0.2, 0) is 14.6 Å². The van der Waals surface area contributed by atoms with E-state index in [9.17, 15) is 8.42 Å². The van der Waals surface area contributed by atoms with Crippen molar-refractivity contribution in [3.63, 3.8) is 0 Å². The van der Waals surface area contributed by atoms with Crippen molar-refractivity contribution < 1.29 is 13.2 Å². The van der Waals surface area contributed by atoms with Crippen LogP contribution < -0.4 is 10.2 Å². The lowest BCUT2D eigenvalue weighted by Gasteiger charge is -2.32. The van der Waals surface area contributed by atoms with Crippen LogP contribution in [0.5, 0.6) is 0 Å². The average Bonchev–Trinajstić information content (AvgIpc) is 2.88. The molecule has 7 nitrogen and oxygen atoms in total. The van der Waals surface area contributed by atoms with Gasteiger partial charge in [-0.25, -0.2) is 8.42 Å². The highest BCUT2D eigenvalue weighted by Crippen LogP contribution is 2.45. The summed E-state index contributed by atoms with van der Waals surface area (Å²) in [7, 11) is -1.68. The van der Waals surface area contributed by atoms with E-state index in [2.05, 4.69) is 22.1 Å². The number of sulfone groups is 1. The molecule has 2 aliphatic rings. The van der Waals surface area contributed by atoms with Crippen molar-refractivity contribution in [2.24, 2.45) is 5.92 Å². The van der Waals surface area contributed by atoms with Crippen molar-refractivity contribution in [1.82, 2.24) is 10.2 Å². The maximum Gasteiger partial charge on any atom is 0.210 e. The summed E-state index contributed by atoms with van der Waals surface area (Å²) in [5, 5.41) is 11.7. The number of nitrogens with one attached hydrogen (secondary N) is 1. The smallest absolute Gasteiger partial charge is 0.210 e. The van der Waals surface area contributed by atoms with Gasteiger partial charge < -0.3 is 15.0 Å². The van der Waals surface area contributed by atoms with E-state index in [-0.39, 0.29) is 5.92 Å². The maximum absolute atomic E-state index is 13.4. The van der Waals surface area contributed by atoms with Gasteiger partial charge in [0.05, 0.1) is 26.9 Å². The monoisotopic (exact) mass is 490 g/mol. The predicted octanol–water partition coefficient (Wildman–Crippen LogP) is 5.23. The number of ether oxygens (including phenoxy) is 1. The van der Waals surface area contributed by atoms with Crippen LogP contribution in [0.4, 0.5) is 17.2 Å². The first-order valence-electron chi connectivity index (χ1n) is 11.9. The van der Waals surface area contributed by atoms with Crippen LogP contribution >= 0.6 is 0 Å². The lowest BCUT2D eigenvalue weighted by atomic mass is 9.83. The quantitative estimate of drug-likeness (QED) is 0.507. The maximum atomic E-state index is 13.4. The van der Waals surface area contributed by atoms with E-state index in [1.165, 1.54) is 0 Å². The highest BCUT2D eigenvalue weighted by molar-refractivity contribution is 7.92.